The van der Waals surface area contributed by atoms with Crippen LogP contribution in [0.2, 0.25) is 0 Å². The number of quaternary nitrogens is 2. The molecule has 23 heavy (non-hydrogen) atoms. The van der Waals surface area contributed by atoms with Gasteiger partial charge in [-0.15, -0.1) is 0 Å². The third-order valence-electron chi connectivity index (χ3n) is 4.42. The van der Waals surface area contributed by atoms with Gasteiger partial charge in [-0.2, -0.15) is 0 Å². The van der Waals surface area contributed by atoms with E-state index < -0.39 is 0 Å². The molecule has 3 rings (SSSR count). The van der Waals surface area contributed by atoms with Gasteiger partial charge in [-0.3, -0.25) is 9.59 Å². The minimum absolute atomic E-state index is 0.103. The van der Waals surface area contributed by atoms with Gasteiger partial charge in [0.25, 0.3) is 5.91 Å². The van der Waals surface area contributed by atoms with E-state index in [0.717, 1.165) is 43.9 Å². The van der Waals surface area contributed by atoms with E-state index in [1.165, 1.54) is 9.80 Å². The second-order valence-corrected chi connectivity index (χ2v) is 6.91. The first-order valence-electron chi connectivity index (χ1n) is 8.02. The maximum Gasteiger partial charge on any atom is 0.292 e. The van der Waals surface area contributed by atoms with Gasteiger partial charge in [0, 0.05) is 4.47 Å². The maximum absolute atomic E-state index is 12.5. The molecule has 1 aromatic carbocycles. The van der Waals surface area contributed by atoms with Crippen molar-refractivity contribution in [1.82, 2.24) is 0 Å². The number of ether oxygens (including phenoxy) is 1. The summed E-state index contributed by atoms with van der Waals surface area (Å²) >= 11 is 3.36. The average Bonchev–Trinajstić information content (AvgIpc) is 2.84. The number of nitrogens with zero attached hydrogens (tertiary/aromatic N) is 1. The van der Waals surface area contributed by atoms with Crippen molar-refractivity contribution in [2.24, 2.45) is 0 Å². The highest BCUT2D eigenvalue weighted by Gasteiger charge is 2.42. The molecule has 0 unspecified atom stereocenters. The number of anilines is 1. The molecule has 2 saturated heterocycles. The van der Waals surface area contributed by atoms with Crippen LogP contribution in [-0.2, 0) is 14.3 Å². The summed E-state index contributed by atoms with van der Waals surface area (Å²) in [5, 5.41) is 2.02. The van der Waals surface area contributed by atoms with Gasteiger partial charge in [0.2, 0.25) is 5.91 Å². The molecule has 3 N–H and O–H groups in total. The fourth-order valence-corrected chi connectivity index (χ4v) is 3.36. The Morgan fingerprint density at radius 1 is 1.22 bits per heavy atom. The molecule has 2 aliphatic rings. The van der Waals surface area contributed by atoms with Crippen LogP contribution < -0.4 is 15.1 Å². The van der Waals surface area contributed by atoms with Crippen molar-refractivity contribution in [3.8, 4) is 0 Å². The number of hydrogen-bond acceptors (Lipinski definition) is 3. The van der Waals surface area contributed by atoms with Crippen molar-refractivity contribution in [1.29, 1.82) is 0 Å². The summed E-state index contributed by atoms with van der Waals surface area (Å²) in [6, 6.07) is 6.98. The molecule has 7 heteroatoms. The quantitative estimate of drug-likeness (QED) is 0.612. The smallest absolute Gasteiger partial charge is 0.292 e. The van der Waals surface area contributed by atoms with Gasteiger partial charge in [0.15, 0.2) is 6.04 Å². The van der Waals surface area contributed by atoms with Crippen molar-refractivity contribution < 1.29 is 24.5 Å². The molecule has 6 nitrogen and oxygen atoms in total. The van der Waals surface area contributed by atoms with Crippen LogP contribution in [0.25, 0.3) is 0 Å². The lowest BCUT2D eigenvalue weighted by Crippen LogP contribution is -3.16. The Morgan fingerprint density at radius 2 is 1.91 bits per heavy atom. The minimum atomic E-state index is -0.286. The number of carbonyl (C=O) groups excluding carboxylic acids is 2. The predicted molar refractivity (Wildman–Crippen MR) is 88.2 cm³/mol. The zero-order valence-corrected chi connectivity index (χ0v) is 14.5. The standard InChI is InChI=1S/C16H20BrN3O3/c17-12-1-3-13(4-2-12)20-15(21)11-14(16(20)22)18-5-6-19-7-9-23-10-8-19/h1-4,14,18H,5-11H2/p+2/t14-/m0/s1. The first kappa shape index (κ1) is 16.6. The summed E-state index contributed by atoms with van der Waals surface area (Å²) in [5.41, 5.74) is 0.651. The van der Waals surface area contributed by atoms with Gasteiger partial charge in [0.05, 0.1) is 25.3 Å². The summed E-state index contributed by atoms with van der Waals surface area (Å²) in [6.45, 7) is 5.53. The van der Waals surface area contributed by atoms with Crippen LogP contribution in [0.4, 0.5) is 5.69 Å². The third-order valence-corrected chi connectivity index (χ3v) is 4.94. The van der Waals surface area contributed by atoms with Crippen molar-refractivity contribution in [2.75, 3.05) is 44.3 Å². The second-order valence-electron chi connectivity index (χ2n) is 5.99. The molecular weight excluding hydrogens is 362 g/mol. The molecule has 0 aliphatic carbocycles. The van der Waals surface area contributed by atoms with Crippen LogP contribution in [0.15, 0.2) is 28.7 Å². The number of benzene rings is 1. The number of imide groups is 1. The molecule has 2 amide bonds. The number of amides is 2. The number of carbonyl (C=O) groups is 2. The number of nitrogens with two attached hydrogens (primary N) is 1. The van der Waals surface area contributed by atoms with Gasteiger partial charge in [-0.25, -0.2) is 4.90 Å². The molecule has 0 spiro atoms. The van der Waals surface area contributed by atoms with E-state index in [1.807, 2.05) is 17.4 Å². The first-order chi connectivity index (χ1) is 11.1. The van der Waals surface area contributed by atoms with Crippen LogP contribution in [0.1, 0.15) is 6.42 Å². The molecular formula is C16H22BrN3O3+2. The van der Waals surface area contributed by atoms with Gasteiger partial charge >= 0.3 is 0 Å². The fourth-order valence-electron chi connectivity index (χ4n) is 3.10. The zero-order chi connectivity index (χ0) is 16.2. The Labute approximate surface area is 143 Å². The van der Waals surface area contributed by atoms with Crippen molar-refractivity contribution in [2.45, 2.75) is 12.5 Å². The SMILES string of the molecule is O=C1C[C@H]([NH2+]CC[NH+]2CCOCC2)C(=O)N1c1ccc(Br)cc1. The van der Waals surface area contributed by atoms with Crippen molar-refractivity contribution in [3.63, 3.8) is 0 Å². The maximum atomic E-state index is 12.5. The normalized spacial score (nSPS) is 22.8. The van der Waals surface area contributed by atoms with Crippen LogP contribution in [0, 0.1) is 0 Å². The Bertz CT molecular complexity index is 572. The number of nitrogens with one attached hydrogen (secondary N) is 1. The lowest BCUT2D eigenvalue weighted by molar-refractivity contribution is -0.920. The minimum Gasteiger partial charge on any atom is -0.370 e. The highest BCUT2D eigenvalue weighted by Crippen LogP contribution is 2.23. The summed E-state index contributed by atoms with van der Waals surface area (Å²) < 4.78 is 6.27. The van der Waals surface area contributed by atoms with Gasteiger partial charge < -0.3 is 15.0 Å². The Balaban J connectivity index is 1.54. The molecule has 0 bridgehead atoms. The lowest BCUT2D eigenvalue weighted by atomic mass is 10.2. The zero-order valence-electron chi connectivity index (χ0n) is 13.0. The Morgan fingerprint density at radius 3 is 2.61 bits per heavy atom. The first-order valence-corrected chi connectivity index (χ1v) is 8.81. The lowest BCUT2D eigenvalue weighted by Gasteiger charge is -2.23. The highest BCUT2D eigenvalue weighted by atomic mass is 79.9. The topological polar surface area (TPSA) is 67.7 Å². The molecule has 2 fully saturated rings. The van der Waals surface area contributed by atoms with Crippen LogP contribution in [0.5, 0.6) is 0 Å². The van der Waals surface area contributed by atoms with Crippen LogP contribution in [0.3, 0.4) is 0 Å². The molecule has 1 aromatic rings. The van der Waals surface area contributed by atoms with E-state index in [0.29, 0.717) is 5.69 Å². The molecule has 124 valence electrons. The largest absolute Gasteiger partial charge is 0.370 e. The Kier molecular flexibility index (Phi) is 5.42. The second kappa shape index (κ2) is 7.53. The van der Waals surface area contributed by atoms with E-state index in [2.05, 4.69) is 15.9 Å². The summed E-state index contributed by atoms with van der Waals surface area (Å²) in [5.74, 6) is -0.216. The van der Waals surface area contributed by atoms with Gasteiger partial charge in [-0.1, -0.05) is 15.9 Å². The monoisotopic (exact) mass is 383 g/mol. The fraction of sp³-hybridized carbons (Fsp3) is 0.500. The Hall–Kier alpha value is -1.28. The number of hydrogen-bond donors (Lipinski definition) is 2. The predicted octanol–water partition coefficient (Wildman–Crippen LogP) is -1.44. The molecule has 2 aliphatic heterocycles. The van der Waals surface area contributed by atoms with Crippen molar-refractivity contribution in [3.05, 3.63) is 28.7 Å². The van der Waals surface area contributed by atoms with E-state index >= 15 is 0 Å². The molecule has 0 radical (unpaired) electrons. The van der Waals surface area contributed by atoms with Crippen molar-refractivity contribution >= 4 is 33.4 Å². The van der Waals surface area contributed by atoms with Gasteiger partial charge in [-0.05, 0) is 24.3 Å². The molecule has 1 atom stereocenters. The van der Waals surface area contributed by atoms with Crippen LogP contribution >= 0.6 is 15.9 Å². The molecule has 0 saturated carbocycles. The van der Waals surface area contributed by atoms with Crippen LogP contribution in [-0.4, -0.2) is 57.2 Å². The third kappa shape index (κ3) is 3.98. The van der Waals surface area contributed by atoms with E-state index in [4.69, 9.17) is 4.74 Å². The summed E-state index contributed by atoms with van der Waals surface area (Å²) in [4.78, 5) is 27.5. The van der Waals surface area contributed by atoms with E-state index in [9.17, 15) is 9.59 Å². The van der Waals surface area contributed by atoms with Gasteiger partial charge in [0.1, 0.15) is 26.2 Å². The highest BCUT2D eigenvalue weighted by molar-refractivity contribution is 9.10. The van der Waals surface area contributed by atoms with E-state index in [1.54, 1.807) is 12.1 Å². The average molecular weight is 384 g/mol. The number of morpholine rings is 1. The summed E-state index contributed by atoms with van der Waals surface area (Å²) in [6.07, 6.45) is 0.285. The molecule has 2 heterocycles. The molecule has 0 aromatic heterocycles. The summed E-state index contributed by atoms with van der Waals surface area (Å²) in [7, 11) is 0. The number of rotatable bonds is 5. The van der Waals surface area contributed by atoms with E-state index in [-0.39, 0.29) is 24.3 Å². The number of halogens is 1.